The Bertz CT molecular complexity index is 614. The van der Waals surface area contributed by atoms with E-state index in [0.29, 0.717) is 11.1 Å². The molecule has 0 heterocycles. The molecular weight excluding hydrogens is 350 g/mol. The van der Waals surface area contributed by atoms with Crippen molar-refractivity contribution in [2.24, 2.45) is 0 Å². The molecule has 4 N–H and O–H groups in total. The van der Waals surface area contributed by atoms with Crippen molar-refractivity contribution in [2.75, 3.05) is 6.54 Å². The number of carbonyl (C=O) groups is 2. The maximum Gasteiger partial charge on any atom is 0.407 e. The van der Waals surface area contributed by atoms with E-state index in [0.717, 1.165) is 0 Å². The average Bonchev–Trinajstić information content (AvgIpc) is 2.46. The number of hydrogen-bond acceptors (Lipinski definition) is 5. The molecule has 1 rings (SSSR count). The average molecular weight is 374 g/mol. The van der Waals surface area contributed by atoms with Crippen LogP contribution in [0, 0.1) is 0 Å². The molecule has 2 unspecified atom stereocenters. The molecule has 1 aromatic carbocycles. The number of aliphatic carboxylic acids is 1. The van der Waals surface area contributed by atoms with Crippen LogP contribution in [0.2, 0.25) is 5.02 Å². The van der Waals surface area contributed by atoms with Crippen LogP contribution in [0.4, 0.5) is 4.79 Å². The molecule has 0 saturated carbocycles. The SMILES string of the molecule is CC(C)(C)OC(=O)NCCC(O)C(O)c1ccc(Cl)c(CC(=O)O)c1. The van der Waals surface area contributed by atoms with Crippen LogP contribution in [0.15, 0.2) is 18.2 Å². The fourth-order valence-corrected chi connectivity index (χ4v) is 2.28. The molecule has 140 valence electrons. The first kappa shape index (κ1) is 21.2. The van der Waals surface area contributed by atoms with Crippen molar-refractivity contribution < 1.29 is 29.6 Å². The van der Waals surface area contributed by atoms with Crippen LogP contribution in [0.3, 0.4) is 0 Å². The summed E-state index contributed by atoms with van der Waals surface area (Å²) < 4.78 is 5.07. The number of nitrogens with one attached hydrogen (secondary N) is 1. The number of aliphatic hydroxyl groups excluding tert-OH is 2. The maximum absolute atomic E-state index is 11.5. The van der Waals surface area contributed by atoms with Gasteiger partial charge in [0.1, 0.15) is 11.7 Å². The molecule has 1 aromatic rings. The van der Waals surface area contributed by atoms with Crippen molar-refractivity contribution in [3.05, 3.63) is 34.3 Å². The van der Waals surface area contributed by atoms with Gasteiger partial charge in [-0.05, 0) is 44.4 Å². The zero-order chi connectivity index (χ0) is 19.2. The zero-order valence-electron chi connectivity index (χ0n) is 14.5. The Morgan fingerprint density at radius 2 is 1.92 bits per heavy atom. The van der Waals surface area contributed by atoms with E-state index in [4.69, 9.17) is 21.4 Å². The first-order valence-electron chi connectivity index (χ1n) is 7.82. The summed E-state index contributed by atoms with van der Waals surface area (Å²) in [4.78, 5) is 22.3. The number of carboxylic acid groups (broad SMARTS) is 1. The first-order valence-corrected chi connectivity index (χ1v) is 8.20. The van der Waals surface area contributed by atoms with E-state index in [1.54, 1.807) is 20.8 Å². The fourth-order valence-electron chi connectivity index (χ4n) is 2.09. The number of carboxylic acids is 1. The summed E-state index contributed by atoms with van der Waals surface area (Å²) in [7, 11) is 0. The van der Waals surface area contributed by atoms with Crippen LogP contribution in [-0.4, -0.2) is 45.6 Å². The third-order valence-electron chi connectivity index (χ3n) is 3.23. The molecular formula is C17H24ClNO6. The molecule has 2 atom stereocenters. The number of benzene rings is 1. The molecule has 8 heteroatoms. The van der Waals surface area contributed by atoms with Gasteiger partial charge in [-0.1, -0.05) is 23.7 Å². The Morgan fingerprint density at radius 3 is 2.48 bits per heavy atom. The number of amides is 1. The van der Waals surface area contributed by atoms with E-state index in [1.807, 2.05) is 0 Å². The van der Waals surface area contributed by atoms with Crippen LogP contribution in [0.5, 0.6) is 0 Å². The lowest BCUT2D eigenvalue weighted by atomic mass is 9.99. The van der Waals surface area contributed by atoms with Crippen molar-refractivity contribution in [2.45, 2.75) is 51.4 Å². The third kappa shape index (κ3) is 7.72. The van der Waals surface area contributed by atoms with Gasteiger partial charge >= 0.3 is 12.1 Å². The van der Waals surface area contributed by atoms with Crippen molar-refractivity contribution in [1.29, 1.82) is 0 Å². The van der Waals surface area contributed by atoms with Crippen molar-refractivity contribution >= 4 is 23.7 Å². The molecule has 0 saturated heterocycles. The number of aliphatic hydroxyl groups is 2. The molecule has 0 aliphatic heterocycles. The number of carbonyl (C=O) groups excluding carboxylic acids is 1. The van der Waals surface area contributed by atoms with Crippen molar-refractivity contribution in [3.8, 4) is 0 Å². The molecule has 1 amide bonds. The maximum atomic E-state index is 11.5. The molecule has 7 nitrogen and oxygen atoms in total. The summed E-state index contributed by atoms with van der Waals surface area (Å²) in [6, 6.07) is 4.44. The summed E-state index contributed by atoms with van der Waals surface area (Å²) in [6.45, 7) is 5.32. The van der Waals surface area contributed by atoms with Crippen molar-refractivity contribution in [1.82, 2.24) is 5.32 Å². The quantitative estimate of drug-likeness (QED) is 0.582. The van der Waals surface area contributed by atoms with Gasteiger partial charge in [-0.15, -0.1) is 0 Å². The number of halogens is 1. The largest absolute Gasteiger partial charge is 0.481 e. The Morgan fingerprint density at radius 1 is 1.28 bits per heavy atom. The first-order chi connectivity index (χ1) is 11.5. The van der Waals surface area contributed by atoms with Gasteiger partial charge in [0.15, 0.2) is 0 Å². The van der Waals surface area contributed by atoms with Gasteiger partial charge in [-0.2, -0.15) is 0 Å². The molecule has 25 heavy (non-hydrogen) atoms. The van der Waals surface area contributed by atoms with E-state index < -0.39 is 29.9 Å². The van der Waals surface area contributed by atoms with Crippen molar-refractivity contribution in [3.63, 3.8) is 0 Å². The standard InChI is InChI=1S/C17H24ClNO6/c1-17(2,3)25-16(24)19-7-6-13(20)15(23)10-4-5-12(18)11(8-10)9-14(21)22/h4-5,8,13,15,20,23H,6-7,9H2,1-3H3,(H,19,24)(H,21,22). The summed E-state index contributed by atoms with van der Waals surface area (Å²) in [5, 5.41) is 31.9. The summed E-state index contributed by atoms with van der Waals surface area (Å²) in [5.74, 6) is -1.05. The van der Waals surface area contributed by atoms with Gasteiger partial charge in [0.05, 0.1) is 12.5 Å². The van der Waals surface area contributed by atoms with Crippen LogP contribution in [-0.2, 0) is 16.0 Å². The van der Waals surface area contributed by atoms with Gasteiger partial charge in [-0.3, -0.25) is 4.79 Å². The van der Waals surface area contributed by atoms with Gasteiger partial charge in [-0.25, -0.2) is 4.79 Å². The van der Waals surface area contributed by atoms with E-state index in [2.05, 4.69) is 5.32 Å². The highest BCUT2D eigenvalue weighted by Crippen LogP contribution is 2.25. The lowest BCUT2D eigenvalue weighted by Crippen LogP contribution is -2.34. The fraction of sp³-hybridized carbons (Fsp3) is 0.529. The number of hydrogen-bond donors (Lipinski definition) is 4. The van der Waals surface area contributed by atoms with Gasteiger partial charge < -0.3 is 25.4 Å². The number of rotatable bonds is 7. The third-order valence-corrected chi connectivity index (χ3v) is 3.59. The van der Waals surface area contributed by atoms with Gasteiger partial charge in [0, 0.05) is 11.6 Å². The summed E-state index contributed by atoms with van der Waals surface area (Å²) >= 11 is 5.93. The predicted octanol–water partition coefficient (Wildman–Crippen LogP) is 2.28. The van der Waals surface area contributed by atoms with E-state index in [9.17, 15) is 19.8 Å². The molecule has 0 bridgehead atoms. The van der Waals surface area contributed by atoms with Crippen LogP contribution in [0.1, 0.15) is 44.4 Å². The topological polar surface area (TPSA) is 116 Å². The minimum Gasteiger partial charge on any atom is -0.481 e. The molecule has 0 aromatic heterocycles. The number of alkyl carbamates (subject to hydrolysis) is 1. The molecule has 0 fully saturated rings. The Kier molecular flexibility index (Phi) is 7.66. The smallest absolute Gasteiger partial charge is 0.407 e. The normalized spacial score (nSPS) is 13.8. The second-order valence-electron chi connectivity index (χ2n) is 6.65. The summed E-state index contributed by atoms with van der Waals surface area (Å²) in [6.07, 6.45) is -3.17. The van der Waals surface area contributed by atoms with Crippen LogP contribution in [0.25, 0.3) is 0 Å². The lowest BCUT2D eigenvalue weighted by molar-refractivity contribution is -0.136. The lowest BCUT2D eigenvalue weighted by Gasteiger charge is -2.21. The molecule has 0 aliphatic rings. The minimum atomic E-state index is -1.23. The monoisotopic (exact) mass is 373 g/mol. The Hall–Kier alpha value is -1.83. The van der Waals surface area contributed by atoms with Crippen LogP contribution < -0.4 is 5.32 Å². The van der Waals surface area contributed by atoms with E-state index >= 15 is 0 Å². The second kappa shape index (κ2) is 9.03. The van der Waals surface area contributed by atoms with E-state index in [1.165, 1.54) is 18.2 Å². The molecule has 0 aliphatic carbocycles. The Labute approximate surface area is 151 Å². The van der Waals surface area contributed by atoms with Crippen LogP contribution >= 0.6 is 11.6 Å². The number of ether oxygens (including phenoxy) is 1. The van der Waals surface area contributed by atoms with E-state index in [-0.39, 0.29) is 24.4 Å². The minimum absolute atomic E-state index is 0.0945. The Balaban J connectivity index is 2.60. The van der Waals surface area contributed by atoms with Gasteiger partial charge in [0.2, 0.25) is 0 Å². The predicted molar refractivity (Wildman–Crippen MR) is 92.6 cm³/mol. The van der Waals surface area contributed by atoms with Gasteiger partial charge in [0.25, 0.3) is 0 Å². The molecule has 0 radical (unpaired) electrons. The molecule has 0 spiro atoms. The summed E-state index contributed by atoms with van der Waals surface area (Å²) in [5.41, 5.74) is 0.0849. The zero-order valence-corrected chi connectivity index (χ0v) is 15.2. The second-order valence-corrected chi connectivity index (χ2v) is 7.06. The highest BCUT2D eigenvalue weighted by Gasteiger charge is 2.21. The highest BCUT2D eigenvalue weighted by molar-refractivity contribution is 6.31. The highest BCUT2D eigenvalue weighted by atomic mass is 35.5.